The smallest absolute Gasteiger partial charge is 0.418 e. The number of hydrogen-bond donors (Lipinski definition) is 2. The van der Waals surface area contributed by atoms with Gasteiger partial charge in [0.2, 0.25) is 0 Å². The predicted molar refractivity (Wildman–Crippen MR) is 89.5 cm³/mol. The molecule has 1 saturated carbocycles. The van der Waals surface area contributed by atoms with E-state index in [-0.39, 0.29) is 22.9 Å². The van der Waals surface area contributed by atoms with Crippen LogP contribution in [-0.2, 0) is 16.4 Å². The number of benzene rings is 2. The quantitative estimate of drug-likeness (QED) is 0.756. The van der Waals surface area contributed by atoms with E-state index < -0.39 is 23.1 Å². The van der Waals surface area contributed by atoms with Crippen LogP contribution in [0.3, 0.4) is 0 Å². The van der Waals surface area contributed by atoms with E-state index in [1.165, 1.54) is 36.4 Å². The van der Waals surface area contributed by atoms with Gasteiger partial charge in [-0.05, 0) is 36.6 Å². The third-order valence-electron chi connectivity index (χ3n) is 4.69. The second-order valence-corrected chi connectivity index (χ2v) is 6.52. The number of rotatable bonds is 1. The molecule has 1 aliphatic heterocycles. The van der Waals surface area contributed by atoms with E-state index in [4.69, 9.17) is 0 Å². The van der Waals surface area contributed by atoms with Crippen LogP contribution in [0.1, 0.15) is 29.5 Å². The van der Waals surface area contributed by atoms with Gasteiger partial charge < -0.3 is 10.4 Å². The molecule has 26 heavy (non-hydrogen) atoms. The molecule has 2 N–H and O–H groups in total. The van der Waals surface area contributed by atoms with E-state index in [1.807, 2.05) is 0 Å². The highest BCUT2D eigenvalue weighted by Gasteiger charge is 2.50. The van der Waals surface area contributed by atoms with Gasteiger partial charge in [-0.25, -0.2) is 0 Å². The van der Waals surface area contributed by atoms with Gasteiger partial charge in [0.1, 0.15) is 5.75 Å². The number of nitrogens with one attached hydrogen (secondary N) is 1. The molecule has 2 aliphatic rings. The first kappa shape index (κ1) is 16.5. The molecule has 1 amide bonds. The van der Waals surface area contributed by atoms with Crippen LogP contribution >= 0.6 is 0 Å². The molecule has 1 fully saturated rings. The fraction of sp³-hybridized carbons (Fsp3) is 0.250. The fourth-order valence-corrected chi connectivity index (χ4v) is 3.20. The Bertz CT molecular complexity index is 950. The first-order valence-corrected chi connectivity index (χ1v) is 8.17. The van der Waals surface area contributed by atoms with Gasteiger partial charge >= 0.3 is 6.18 Å². The van der Waals surface area contributed by atoms with Crippen LogP contribution in [0.15, 0.2) is 42.5 Å². The standard InChI is InChI=1S/C20H14F3NO2/c21-20(22,23)16-3-1-2-15-17(16)24-18(26)19(15,11-10-12-4-5-12)13-6-8-14(25)9-7-13/h1-3,6-9,12,25H,4-5H2,(H,24,26). The molecule has 2 aromatic rings. The second kappa shape index (κ2) is 5.53. The number of phenols is 1. The molecule has 1 atom stereocenters. The molecular weight excluding hydrogens is 343 g/mol. The number of phenolic OH excluding ortho intramolecular Hbond substituents is 1. The van der Waals surface area contributed by atoms with Gasteiger partial charge in [-0.1, -0.05) is 36.1 Å². The van der Waals surface area contributed by atoms with Crippen LogP contribution in [0.5, 0.6) is 5.75 Å². The van der Waals surface area contributed by atoms with Crippen molar-refractivity contribution in [1.29, 1.82) is 0 Å². The highest BCUT2D eigenvalue weighted by molar-refractivity contribution is 6.12. The van der Waals surface area contributed by atoms with Crippen LogP contribution in [0.2, 0.25) is 0 Å². The maximum absolute atomic E-state index is 13.4. The maximum atomic E-state index is 13.4. The Hall–Kier alpha value is -2.94. The fourth-order valence-electron chi connectivity index (χ4n) is 3.20. The largest absolute Gasteiger partial charge is 0.508 e. The number of halogens is 3. The third kappa shape index (κ3) is 2.51. The molecule has 4 rings (SSSR count). The molecule has 0 saturated heterocycles. The Morgan fingerprint density at radius 3 is 2.42 bits per heavy atom. The molecule has 1 aliphatic carbocycles. The van der Waals surface area contributed by atoms with Crippen LogP contribution in [-0.4, -0.2) is 11.0 Å². The lowest BCUT2D eigenvalue weighted by atomic mass is 9.75. The van der Waals surface area contributed by atoms with Crippen molar-refractivity contribution >= 4 is 11.6 Å². The molecule has 3 nitrogen and oxygen atoms in total. The van der Waals surface area contributed by atoms with E-state index >= 15 is 0 Å². The van der Waals surface area contributed by atoms with Crippen molar-refractivity contribution in [3.63, 3.8) is 0 Å². The summed E-state index contributed by atoms with van der Waals surface area (Å²) in [6.07, 6.45) is -2.74. The van der Waals surface area contributed by atoms with Crippen LogP contribution < -0.4 is 5.32 Å². The van der Waals surface area contributed by atoms with Gasteiger partial charge in [0, 0.05) is 11.5 Å². The summed E-state index contributed by atoms with van der Waals surface area (Å²) in [7, 11) is 0. The SMILES string of the molecule is O=C1Nc2c(C(F)(F)F)cccc2C1(C#CC1CC1)c1ccc(O)cc1. The molecule has 6 heteroatoms. The molecule has 1 heterocycles. The summed E-state index contributed by atoms with van der Waals surface area (Å²) in [4.78, 5) is 12.9. The highest BCUT2D eigenvalue weighted by Crippen LogP contribution is 2.48. The van der Waals surface area contributed by atoms with Gasteiger partial charge in [0.05, 0.1) is 11.3 Å². The first-order valence-electron chi connectivity index (χ1n) is 8.17. The van der Waals surface area contributed by atoms with E-state index in [9.17, 15) is 23.1 Å². The lowest BCUT2D eigenvalue weighted by Gasteiger charge is -2.22. The summed E-state index contributed by atoms with van der Waals surface area (Å²) in [6.45, 7) is 0. The summed E-state index contributed by atoms with van der Waals surface area (Å²) in [5.74, 6) is 5.56. The lowest BCUT2D eigenvalue weighted by molar-refractivity contribution is -0.136. The minimum Gasteiger partial charge on any atom is -0.508 e. The zero-order valence-electron chi connectivity index (χ0n) is 13.5. The van der Waals surface area contributed by atoms with Gasteiger partial charge in [0.15, 0.2) is 5.41 Å². The van der Waals surface area contributed by atoms with Crippen molar-refractivity contribution in [3.05, 3.63) is 59.2 Å². The predicted octanol–water partition coefficient (Wildman–Crippen LogP) is 4.06. The summed E-state index contributed by atoms with van der Waals surface area (Å²) in [5.41, 5.74) is -2.04. The topological polar surface area (TPSA) is 49.3 Å². The highest BCUT2D eigenvalue weighted by atomic mass is 19.4. The van der Waals surface area contributed by atoms with Crippen molar-refractivity contribution in [3.8, 4) is 17.6 Å². The van der Waals surface area contributed by atoms with Crippen LogP contribution in [0.25, 0.3) is 0 Å². The number of hydrogen-bond acceptors (Lipinski definition) is 2. The number of aromatic hydroxyl groups is 1. The molecule has 0 bridgehead atoms. The monoisotopic (exact) mass is 357 g/mol. The number of amides is 1. The molecule has 2 aromatic carbocycles. The van der Waals surface area contributed by atoms with E-state index in [1.54, 1.807) is 0 Å². The van der Waals surface area contributed by atoms with E-state index in [2.05, 4.69) is 17.2 Å². The lowest BCUT2D eigenvalue weighted by Crippen LogP contribution is -2.34. The van der Waals surface area contributed by atoms with Gasteiger partial charge in [-0.15, -0.1) is 0 Å². The van der Waals surface area contributed by atoms with Crippen molar-refractivity contribution in [2.75, 3.05) is 5.32 Å². The Morgan fingerprint density at radius 1 is 1.12 bits per heavy atom. The summed E-state index contributed by atoms with van der Waals surface area (Å²) in [6, 6.07) is 9.56. The summed E-state index contributed by atoms with van der Waals surface area (Å²) < 4.78 is 40.1. The first-order chi connectivity index (χ1) is 12.3. The minimum atomic E-state index is -4.59. The molecule has 1 unspecified atom stereocenters. The second-order valence-electron chi connectivity index (χ2n) is 6.52. The van der Waals surface area contributed by atoms with Crippen LogP contribution in [0.4, 0.5) is 18.9 Å². The average Bonchev–Trinajstić information content (AvgIpc) is 3.36. The Balaban J connectivity index is 1.98. The van der Waals surface area contributed by atoms with E-state index in [0.29, 0.717) is 5.56 Å². The van der Waals surface area contributed by atoms with Crippen molar-refractivity contribution in [2.24, 2.45) is 5.92 Å². The van der Waals surface area contributed by atoms with Crippen molar-refractivity contribution in [2.45, 2.75) is 24.4 Å². The molecule has 0 aromatic heterocycles. The zero-order valence-corrected chi connectivity index (χ0v) is 13.5. The van der Waals surface area contributed by atoms with Gasteiger partial charge in [0.25, 0.3) is 5.91 Å². The molecule has 132 valence electrons. The van der Waals surface area contributed by atoms with Crippen molar-refractivity contribution in [1.82, 2.24) is 0 Å². The number of para-hydroxylation sites is 1. The third-order valence-corrected chi connectivity index (χ3v) is 4.69. The summed E-state index contributed by atoms with van der Waals surface area (Å²) in [5, 5.41) is 11.9. The number of anilines is 1. The van der Waals surface area contributed by atoms with Crippen LogP contribution in [0, 0.1) is 17.8 Å². The Morgan fingerprint density at radius 2 is 1.81 bits per heavy atom. The molecular formula is C20H14F3NO2. The average molecular weight is 357 g/mol. The zero-order chi connectivity index (χ0) is 18.5. The minimum absolute atomic E-state index is 0.00160. The number of alkyl halides is 3. The summed E-state index contributed by atoms with van der Waals surface area (Å²) >= 11 is 0. The molecule has 0 radical (unpaired) electrons. The normalized spacial score (nSPS) is 21.6. The number of carbonyl (C=O) groups excluding carboxylic acids is 1. The Kier molecular flexibility index (Phi) is 3.52. The van der Waals surface area contributed by atoms with E-state index in [0.717, 1.165) is 18.9 Å². The van der Waals surface area contributed by atoms with Gasteiger partial charge in [-0.2, -0.15) is 13.2 Å². The maximum Gasteiger partial charge on any atom is 0.418 e. The number of fused-ring (bicyclic) bond motifs is 1. The van der Waals surface area contributed by atoms with Crippen molar-refractivity contribution < 1.29 is 23.1 Å². The number of carbonyl (C=O) groups is 1. The molecule has 0 spiro atoms. The Labute approximate surface area is 147 Å². The van der Waals surface area contributed by atoms with Gasteiger partial charge in [-0.3, -0.25) is 4.79 Å².